The maximum Gasteiger partial charge on any atom is 0.261 e. The van der Waals surface area contributed by atoms with Crippen LogP contribution in [-0.2, 0) is 4.79 Å². The van der Waals surface area contributed by atoms with Gasteiger partial charge in [0.25, 0.3) is 5.91 Å². The highest BCUT2D eigenvalue weighted by molar-refractivity contribution is 7.18. The minimum atomic E-state index is -0.0866. The maximum atomic E-state index is 12.6. The van der Waals surface area contributed by atoms with Gasteiger partial charge in [-0.1, -0.05) is 0 Å². The molecule has 2 aromatic rings. The third kappa shape index (κ3) is 4.48. The number of aryl methyl sites for hydroxylation is 1. The summed E-state index contributed by atoms with van der Waals surface area (Å²) in [6.45, 7) is 2.45. The Balaban J connectivity index is 1.62. The van der Waals surface area contributed by atoms with Crippen molar-refractivity contribution in [2.45, 2.75) is 25.8 Å². The summed E-state index contributed by atoms with van der Waals surface area (Å²) in [6.07, 6.45) is 1.94. The van der Waals surface area contributed by atoms with Gasteiger partial charge in [-0.25, -0.2) is 0 Å². The largest absolute Gasteiger partial charge is 0.349 e. The van der Waals surface area contributed by atoms with E-state index in [0.29, 0.717) is 11.4 Å². The maximum absolute atomic E-state index is 12.6. The summed E-state index contributed by atoms with van der Waals surface area (Å²) in [7, 11) is 4.02. The number of carbonyl (C=O) groups is 2. The summed E-state index contributed by atoms with van der Waals surface area (Å²) in [6, 6.07) is 4.11. The summed E-state index contributed by atoms with van der Waals surface area (Å²) in [5, 5.41) is 10.9. The van der Waals surface area contributed by atoms with Crippen LogP contribution in [0.25, 0.3) is 0 Å². The Kier molecular flexibility index (Phi) is 5.56. The van der Waals surface area contributed by atoms with Crippen LogP contribution in [0.15, 0.2) is 22.9 Å². The molecule has 1 atom stereocenters. The first kappa shape index (κ1) is 18.1. The van der Waals surface area contributed by atoms with Crippen LogP contribution in [-0.4, -0.2) is 37.4 Å². The van der Waals surface area contributed by atoms with Crippen molar-refractivity contribution >= 4 is 39.5 Å². The van der Waals surface area contributed by atoms with Crippen LogP contribution in [0.4, 0.5) is 5.00 Å². The molecule has 2 N–H and O–H groups in total. The molecule has 2 heterocycles. The third-order valence-corrected chi connectivity index (χ3v) is 6.18. The van der Waals surface area contributed by atoms with Gasteiger partial charge >= 0.3 is 0 Å². The second-order valence-corrected chi connectivity index (χ2v) is 8.46. The molecular formula is C18H23N3O2S2. The lowest BCUT2D eigenvalue weighted by atomic mass is 10.1. The van der Waals surface area contributed by atoms with Gasteiger partial charge in [0.2, 0.25) is 5.91 Å². The van der Waals surface area contributed by atoms with E-state index >= 15 is 0 Å². The zero-order valence-electron chi connectivity index (χ0n) is 14.7. The molecule has 134 valence electrons. The van der Waals surface area contributed by atoms with Gasteiger partial charge in [-0.05, 0) is 67.9 Å². The van der Waals surface area contributed by atoms with E-state index in [1.54, 1.807) is 11.3 Å². The average molecular weight is 378 g/mol. The molecule has 0 aromatic carbocycles. The SMILES string of the molecule is Cc1cc(NC(=O)C2CC2)sc1C(=O)NCC(c1ccsc1)N(C)C. The smallest absolute Gasteiger partial charge is 0.261 e. The highest BCUT2D eigenvalue weighted by Gasteiger charge is 2.30. The minimum Gasteiger partial charge on any atom is -0.349 e. The van der Waals surface area contributed by atoms with Crippen molar-refractivity contribution in [3.05, 3.63) is 38.9 Å². The van der Waals surface area contributed by atoms with Gasteiger partial charge < -0.3 is 15.5 Å². The molecule has 0 bridgehead atoms. The molecule has 1 aliphatic rings. The van der Waals surface area contributed by atoms with Crippen LogP contribution in [0.2, 0.25) is 0 Å². The van der Waals surface area contributed by atoms with E-state index < -0.39 is 0 Å². The first-order valence-corrected chi connectivity index (χ1v) is 10.1. The van der Waals surface area contributed by atoms with E-state index in [-0.39, 0.29) is 23.8 Å². The molecule has 0 spiro atoms. The Labute approximate surface area is 156 Å². The summed E-state index contributed by atoms with van der Waals surface area (Å²) in [5.74, 6) is 0.140. The third-order valence-electron chi connectivity index (χ3n) is 4.33. The summed E-state index contributed by atoms with van der Waals surface area (Å²) >= 11 is 3.00. The summed E-state index contributed by atoms with van der Waals surface area (Å²) in [4.78, 5) is 27.2. The van der Waals surface area contributed by atoms with Crippen molar-refractivity contribution in [2.24, 2.45) is 5.92 Å². The number of thiophene rings is 2. The van der Waals surface area contributed by atoms with E-state index in [0.717, 1.165) is 23.4 Å². The molecule has 2 amide bonds. The van der Waals surface area contributed by atoms with E-state index in [2.05, 4.69) is 27.0 Å². The Morgan fingerprint density at radius 1 is 1.36 bits per heavy atom. The van der Waals surface area contributed by atoms with Crippen LogP contribution in [0.3, 0.4) is 0 Å². The lowest BCUT2D eigenvalue weighted by molar-refractivity contribution is -0.117. The molecule has 25 heavy (non-hydrogen) atoms. The highest BCUT2D eigenvalue weighted by Crippen LogP contribution is 2.33. The number of nitrogens with one attached hydrogen (secondary N) is 2. The van der Waals surface area contributed by atoms with Crippen molar-refractivity contribution in [2.75, 3.05) is 26.0 Å². The van der Waals surface area contributed by atoms with Gasteiger partial charge in [0, 0.05) is 12.5 Å². The molecule has 1 unspecified atom stereocenters. The number of hydrogen-bond acceptors (Lipinski definition) is 5. The number of hydrogen-bond donors (Lipinski definition) is 2. The second-order valence-electron chi connectivity index (χ2n) is 6.63. The first-order chi connectivity index (χ1) is 12.0. The van der Waals surface area contributed by atoms with Crippen molar-refractivity contribution in [1.29, 1.82) is 0 Å². The molecule has 1 aliphatic carbocycles. The lowest BCUT2D eigenvalue weighted by Crippen LogP contribution is -2.34. The van der Waals surface area contributed by atoms with E-state index in [1.165, 1.54) is 16.9 Å². The molecule has 0 aliphatic heterocycles. The average Bonchev–Trinajstić information content (AvgIpc) is 3.16. The standard InChI is InChI=1S/C18H23N3O2S2/c1-11-8-15(20-17(22)12-4-5-12)25-16(11)18(23)19-9-14(21(2)3)13-6-7-24-10-13/h6-8,10,12,14H,4-5,9H2,1-3H3,(H,19,23)(H,20,22). The van der Waals surface area contributed by atoms with Crippen molar-refractivity contribution in [3.8, 4) is 0 Å². The normalized spacial score (nSPS) is 15.2. The zero-order chi connectivity index (χ0) is 18.0. The van der Waals surface area contributed by atoms with Crippen LogP contribution < -0.4 is 10.6 Å². The molecule has 7 heteroatoms. The van der Waals surface area contributed by atoms with E-state index in [1.807, 2.05) is 32.5 Å². The predicted molar refractivity (Wildman–Crippen MR) is 103 cm³/mol. The van der Waals surface area contributed by atoms with Gasteiger partial charge in [0.05, 0.1) is 15.9 Å². The quantitative estimate of drug-likeness (QED) is 0.776. The first-order valence-electron chi connectivity index (χ1n) is 8.33. The molecule has 1 fully saturated rings. The van der Waals surface area contributed by atoms with Crippen LogP contribution in [0.1, 0.15) is 39.7 Å². The zero-order valence-corrected chi connectivity index (χ0v) is 16.3. The second kappa shape index (κ2) is 7.68. The molecule has 5 nitrogen and oxygen atoms in total. The van der Waals surface area contributed by atoms with E-state index in [4.69, 9.17) is 0 Å². The number of amides is 2. The number of rotatable bonds is 7. The van der Waals surface area contributed by atoms with Gasteiger partial charge in [-0.2, -0.15) is 11.3 Å². The molecule has 0 radical (unpaired) electrons. The Morgan fingerprint density at radius 2 is 2.12 bits per heavy atom. The number of likely N-dealkylation sites (N-methyl/N-ethyl adjacent to an activating group) is 1. The molecule has 1 saturated carbocycles. The van der Waals surface area contributed by atoms with E-state index in [9.17, 15) is 9.59 Å². The van der Waals surface area contributed by atoms with Gasteiger partial charge in [0.15, 0.2) is 0 Å². The summed E-state index contributed by atoms with van der Waals surface area (Å²) in [5.41, 5.74) is 2.10. The Bertz CT molecular complexity index is 748. The Hall–Kier alpha value is -1.70. The fourth-order valence-corrected chi connectivity index (χ4v) is 4.37. The predicted octanol–water partition coefficient (Wildman–Crippen LogP) is 3.50. The van der Waals surface area contributed by atoms with Gasteiger partial charge in [-0.3, -0.25) is 9.59 Å². The molecule has 3 rings (SSSR count). The van der Waals surface area contributed by atoms with Gasteiger partial charge in [-0.15, -0.1) is 11.3 Å². The summed E-state index contributed by atoms with van der Waals surface area (Å²) < 4.78 is 0. The number of anilines is 1. The lowest BCUT2D eigenvalue weighted by Gasteiger charge is -2.23. The topological polar surface area (TPSA) is 61.4 Å². The number of nitrogens with zero attached hydrogens (tertiary/aromatic N) is 1. The van der Waals surface area contributed by atoms with Gasteiger partial charge in [0.1, 0.15) is 0 Å². The minimum absolute atomic E-state index is 0.0679. The van der Waals surface area contributed by atoms with Crippen molar-refractivity contribution in [1.82, 2.24) is 10.2 Å². The van der Waals surface area contributed by atoms with Crippen molar-refractivity contribution in [3.63, 3.8) is 0 Å². The molecule has 0 saturated heterocycles. The fourth-order valence-electron chi connectivity index (χ4n) is 2.67. The highest BCUT2D eigenvalue weighted by atomic mass is 32.1. The van der Waals surface area contributed by atoms with Crippen LogP contribution in [0, 0.1) is 12.8 Å². The molecule has 2 aromatic heterocycles. The van der Waals surface area contributed by atoms with Crippen LogP contribution in [0.5, 0.6) is 0 Å². The fraction of sp³-hybridized carbons (Fsp3) is 0.444. The van der Waals surface area contributed by atoms with Crippen molar-refractivity contribution < 1.29 is 9.59 Å². The Morgan fingerprint density at radius 3 is 2.72 bits per heavy atom. The molecular weight excluding hydrogens is 354 g/mol. The van der Waals surface area contributed by atoms with Crippen LogP contribution >= 0.6 is 22.7 Å². The number of carbonyl (C=O) groups excluding carboxylic acids is 2. The monoisotopic (exact) mass is 377 g/mol.